The monoisotopic (exact) mass is 194 g/mol. The fraction of sp³-hybridized carbons (Fsp3) is 0.500. The molecule has 1 heterocycles. The summed E-state index contributed by atoms with van der Waals surface area (Å²) in [7, 11) is 0. The lowest BCUT2D eigenvalue weighted by Crippen LogP contribution is -2.27. The molecule has 0 aliphatic heterocycles. The highest BCUT2D eigenvalue weighted by atomic mass is 16.2. The van der Waals surface area contributed by atoms with Crippen molar-refractivity contribution in [3.05, 3.63) is 28.4 Å². The average Bonchev–Trinajstić information content (AvgIpc) is 2.11. The summed E-state index contributed by atoms with van der Waals surface area (Å²) in [5, 5.41) is 0. The topological polar surface area (TPSA) is 52.0 Å². The quantitative estimate of drug-likeness (QED) is 0.714. The Bertz CT molecular complexity index is 393. The van der Waals surface area contributed by atoms with Crippen LogP contribution in [0, 0.1) is 12.8 Å². The zero-order valence-electron chi connectivity index (χ0n) is 8.65. The Morgan fingerprint density at radius 2 is 2.21 bits per heavy atom. The van der Waals surface area contributed by atoms with E-state index in [1.165, 1.54) is 10.8 Å². The largest absolute Gasteiger partial charge is 0.347 e. The Morgan fingerprint density at radius 1 is 1.57 bits per heavy atom. The average molecular weight is 194 g/mol. The Labute approximate surface area is 82.6 Å². The molecule has 0 bridgehead atoms. The number of carbonyl (C=O) groups is 1. The summed E-state index contributed by atoms with van der Waals surface area (Å²) in [4.78, 5) is 26.3. The van der Waals surface area contributed by atoms with E-state index < -0.39 is 0 Å². The van der Waals surface area contributed by atoms with Gasteiger partial charge in [0.15, 0.2) is 5.78 Å². The Kier molecular flexibility index (Phi) is 3.17. The number of rotatable bonds is 3. The van der Waals surface area contributed by atoms with E-state index in [0.29, 0.717) is 0 Å². The predicted molar refractivity (Wildman–Crippen MR) is 53.1 cm³/mol. The normalized spacial score (nSPS) is 10.6. The molecule has 0 aromatic carbocycles. The number of hydrogen-bond acceptors (Lipinski definition) is 3. The van der Waals surface area contributed by atoms with Crippen LogP contribution in [0.3, 0.4) is 0 Å². The molecule has 1 rings (SSSR count). The van der Waals surface area contributed by atoms with Gasteiger partial charge in [-0.2, -0.15) is 0 Å². The van der Waals surface area contributed by atoms with Crippen LogP contribution >= 0.6 is 0 Å². The number of ketones is 1. The third-order valence-corrected chi connectivity index (χ3v) is 1.95. The molecule has 0 atom stereocenters. The molecule has 0 saturated heterocycles. The van der Waals surface area contributed by atoms with Gasteiger partial charge in [0.25, 0.3) is 0 Å². The first-order valence-corrected chi connectivity index (χ1v) is 4.56. The molecule has 0 fully saturated rings. The van der Waals surface area contributed by atoms with Crippen molar-refractivity contribution in [2.45, 2.75) is 27.3 Å². The van der Waals surface area contributed by atoms with Crippen LogP contribution in [0.15, 0.2) is 17.2 Å². The van der Waals surface area contributed by atoms with E-state index in [1.807, 2.05) is 20.8 Å². The highest BCUT2D eigenvalue weighted by Gasteiger charge is 2.08. The highest BCUT2D eigenvalue weighted by molar-refractivity contribution is 5.80. The van der Waals surface area contributed by atoms with Crippen LogP contribution in [0.25, 0.3) is 0 Å². The van der Waals surface area contributed by atoms with Gasteiger partial charge in [-0.05, 0) is 12.5 Å². The van der Waals surface area contributed by atoms with E-state index in [-0.39, 0.29) is 23.9 Å². The van der Waals surface area contributed by atoms with Crippen LogP contribution in [0.5, 0.6) is 0 Å². The zero-order chi connectivity index (χ0) is 10.7. The summed E-state index contributed by atoms with van der Waals surface area (Å²) in [6.07, 6.45) is 3.15. The van der Waals surface area contributed by atoms with E-state index in [0.717, 1.165) is 5.56 Å². The summed E-state index contributed by atoms with van der Waals surface area (Å²) in [6.45, 7) is 5.58. The van der Waals surface area contributed by atoms with Crippen molar-refractivity contribution in [1.82, 2.24) is 9.55 Å². The van der Waals surface area contributed by atoms with Crippen LogP contribution in [-0.4, -0.2) is 15.3 Å². The molecule has 0 saturated carbocycles. The SMILES string of the molecule is Cc1cnc(=O)n(CC(=O)C(C)C)c1. The second kappa shape index (κ2) is 4.17. The number of hydrogen-bond donors (Lipinski definition) is 0. The molecule has 0 unspecified atom stereocenters. The van der Waals surface area contributed by atoms with E-state index in [1.54, 1.807) is 6.20 Å². The van der Waals surface area contributed by atoms with Crippen molar-refractivity contribution in [3.8, 4) is 0 Å². The summed E-state index contributed by atoms with van der Waals surface area (Å²) in [6, 6.07) is 0. The lowest BCUT2D eigenvalue weighted by Gasteiger charge is -2.06. The molecule has 0 radical (unpaired) electrons. The van der Waals surface area contributed by atoms with Gasteiger partial charge in [-0.1, -0.05) is 13.8 Å². The van der Waals surface area contributed by atoms with E-state index >= 15 is 0 Å². The molecule has 76 valence electrons. The van der Waals surface area contributed by atoms with E-state index in [2.05, 4.69) is 4.98 Å². The third kappa shape index (κ3) is 2.52. The zero-order valence-corrected chi connectivity index (χ0v) is 8.65. The van der Waals surface area contributed by atoms with Crippen LogP contribution in [-0.2, 0) is 11.3 Å². The molecular formula is C10H14N2O2. The number of carbonyl (C=O) groups excluding carboxylic acids is 1. The van der Waals surface area contributed by atoms with Crippen LogP contribution < -0.4 is 5.69 Å². The van der Waals surface area contributed by atoms with Gasteiger partial charge in [0.05, 0.1) is 6.54 Å². The van der Waals surface area contributed by atoms with Gasteiger partial charge in [0, 0.05) is 18.3 Å². The van der Waals surface area contributed by atoms with Gasteiger partial charge >= 0.3 is 5.69 Å². The molecule has 1 aromatic heterocycles. The first-order valence-electron chi connectivity index (χ1n) is 4.56. The molecule has 0 aliphatic carbocycles. The third-order valence-electron chi connectivity index (χ3n) is 1.95. The van der Waals surface area contributed by atoms with Gasteiger partial charge < -0.3 is 0 Å². The maximum absolute atomic E-state index is 11.4. The predicted octanol–water partition coefficient (Wildman–Crippen LogP) is 0.777. The highest BCUT2D eigenvalue weighted by Crippen LogP contribution is 1.97. The first kappa shape index (κ1) is 10.6. The van der Waals surface area contributed by atoms with Crippen LogP contribution in [0.1, 0.15) is 19.4 Å². The fourth-order valence-electron chi connectivity index (χ4n) is 1.03. The molecule has 0 amide bonds. The maximum Gasteiger partial charge on any atom is 0.347 e. The van der Waals surface area contributed by atoms with Gasteiger partial charge in [-0.15, -0.1) is 0 Å². The molecule has 1 aromatic rings. The Morgan fingerprint density at radius 3 is 2.79 bits per heavy atom. The molecule has 4 heteroatoms. The number of Topliss-reactive ketones (excluding diaryl/α,β-unsaturated/α-hetero) is 1. The summed E-state index contributed by atoms with van der Waals surface area (Å²) in [5.41, 5.74) is 0.505. The molecular weight excluding hydrogens is 180 g/mol. The number of aromatic nitrogens is 2. The van der Waals surface area contributed by atoms with E-state index in [4.69, 9.17) is 0 Å². The van der Waals surface area contributed by atoms with Gasteiger partial charge in [-0.25, -0.2) is 9.78 Å². The summed E-state index contributed by atoms with van der Waals surface area (Å²) < 4.78 is 1.34. The Hall–Kier alpha value is -1.45. The van der Waals surface area contributed by atoms with Gasteiger partial charge in [0.1, 0.15) is 0 Å². The minimum atomic E-state index is -0.371. The standard InChI is InChI=1S/C10H14N2O2/c1-7(2)9(13)6-12-5-8(3)4-11-10(12)14/h4-5,7H,6H2,1-3H3. The maximum atomic E-state index is 11.4. The minimum absolute atomic E-state index is 0.0412. The molecule has 0 aliphatic rings. The lowest BCUT2D eigenvalue weighted by molar-refractivity contribution is -0.122. The number of nitrogens with zero attached hydrogens (tertiary/aromatic N) is 2. The molecule has 0 spiro atoms. The lowest BCUT2D eigenvalue weighted by atomic mass is 10.1. The van der Waals surface area contributed by atoms with Gasteiger partial charge in [-0.3, -0.25) is 9.36 Å². The van der Waals surface area contributed by atoms with Crippen molar-refractivity contribution in [2.75, 3.05) is 0 Å². The Balaban J connectivity index is 2.92. The van der Waals surface area contributed by atoms with Crippen molar-refractivity contribution in [2.24, 2.45) is 5.92 Å². The van der Waals surface area contributed by atoms with Crippen molar-refractivity contribution >= 4 is 5.78 Å². The minimum Gasteiger partial charge on any atom is -0.297 e. The van der Waals surface area contributed by atoms with Crippen LogP contribution in [0.2, 0.25) is 0 Å². The van der Waals surface area contributed by atoms with Crippen molar-refractivity contribution in [1.29, 1.82) is 0 Å². The smallest absolute Gasteiger partial charge is 0.297 e. The van der Waals surface area contributed by atoms with Crippen LogP contribution in [0.4, 0.5) is 0 Å². The van der Waals surface area contributed by atoms with Gasteiger partial charge in [0.2, 0.25) is 0 Å². The molecule has 4 nitrogen and oxygen atoms in total. The summed E-state index contributed by atoms with van der Waals surface area (Å²) >= 11 is 0. The van der Waals surface area contributed by atoms with Crippen molar-refractivity contribution < 1.29 is 4.79 Å². The number of aryl methyl sites for hydroxylation is 1. The molecule has 14 heavy (non-hydrogen) atoms. The molecule has 0 N–H and O–H groups in total. The van der Waals surface area contributed by atoms with Crippen molar-refractivity contribution in [3.63, 3.8) is 0 Å². The first-order chi connectivity index (χ1) is 6.50. The second-order valence-electron chi connectivity index (χ2n) is 3.66. The fourth-order valence-corrected chi connectivity index (χ4v) is 1.03. The van der Waals surface area contributed by atoms with E-state index in [9.17, 15) is 9.59 Å². The second-order valence-corrected chi connectivity index (χ2v) is 3.66. The summed E-state index contributed by atoms with van der Waals surface area (Å²) in [5.74, 6) is -0.0121.